The minimum atomic E-state index is -0.597. The van der Waals surface area contributed by atoms with E-state index in [0.717, 1.165) is 16.9 Å². The molecule has 1 heterocycles. The predicted molar refractivity (Wildman–Crippen MR) is 94.8 cm³/mol. The molecule has 1 aromatic carbocycles. The van der Waals surface area contributed by atoms with Crippen LogP contribution in [0.1, 0.15) is 11.1 Å². The van der Waals surface area contributed by atoms with Crippen molar-refractivity contribution in [2.45, 2.75) is 20.0 Å². The van der Waals surface area contributed by atoms with Gasteiger partial charge >= 0.3 is 6.03 Å². The molecule has 1 N–H and O–H groups in total. The number of urea groups is 1. The maximum absolute atomic E-state index is 12.2. The van der Waals surface area contributed by atoms with Gasteiger partial charge in [0, 0.05) is 20.6 Å². The maximum atomic E-state index is 12.2. The van der Waals surface area contributed by atoms with Crippen LogP contribution in [0.25, 0.3) is 0 Å². The lowest BCUT2D eigenvalue weighted by Gasteiger charge is -2.33. The van der Waals surface area contributed by atoms with Crippen molar-refractivity contribution < 1.29 is 19.1 Å². The first-order chi connectivity index (χ1) is 11.9. The molecule has 1 saturated heterocycles. The first-order valence-corrected chi connectivity index (χ1v) is 8.44. The Labute approximate surface area is 148 Å². The van der Waals surface area contributed by atoms with Crippen LogP contribution in [0.15, 0.2) is 18.2 Å². The zero-order valence-corrected chi connectivity index (χ0v) is 15.4. The number of aryl methyl sites for hydroxylation is 2. The Morgan fingerprint density at radius 3 is 2.84 bits per heavy atom. The molecule has 0 bridgehead atoms. The van der Waals surface area contributed by atoms with Crippen LogP contribution < -0.4 is 10.1 Å². The van der Waals surface area contributed by atoms with E-state index in [-0.39, 0.29) is 18.5 Å². The molecule has 0 unspecified atom stereocenters. The van der Waals surface area contributed by atoms with Gasteiger partial charge < -0.3 is 24.6 Å². The highest BCUT2D eigenvalue weighted by molar-refractivity contribution is 5.82. The third-order valence-electron chi connectivity index (χ3n) is 4.05. The topological polar surface area (TPSA) is 71.1 Å². The summed E-state index contributed by atoms with van der Waals surface area (Å²) in [5, 5.41) is 2.83. The van der Waals surface area contributed by atoms with Crippen LogP contribution in [0, 0.1) is 13.8 Å². The van der Waals surface area contributed by atoms with Crippen LogP contribution in [0.2, 0.25) is 0 Å². The summed E-state index contributed by atoms with van der Waals surface area (Å²) < 4.78 is 11.2. The van der Waals surface area contributed by atoms with E-state index in [9.17, 15) is 9.59 Å². The average molecular weight is 349 g/mol. The van der Waals surface area contributed by atoms with Crippen molar-refractivity contribution in [1.82, 2.24) is 15.1 Å². The Morgan fingerprint density at radius 1 is 1.36 bits per heavy atom. The van der Waals surface area contributed by atoms with Gasteiger partial charge in [0.2, 0.25) is 0 Å². The van der Waals surface area contributed by atoms with Gasteiger partial charge in [-0.3, -0.25) is 4.79 Å². The van der Waals surface area contributed by atoms with E-state index in [2.05, 4.69) is 5.32 Å². The second kappa shape index (κ2) is 8.71. The zero-order valence-electron chi connectivity index (χ0n) is 15.4. The van der Waals surface area contributed by atoms with Gasteiger partial charge in [-0.25, -0.2) is 4.79 Å². The lowest BCUT2D eigenvalue weighted by atomic mass is 10.1. The van der Waals surface area contributed by atoms with Crippen molar-refractivity contribution in [3.8, 4) is 5.75 Å². The molecule has 3 amide bonds. The second-order valence-electron chi connectivity index (χ2n) is 6.39. The summed E-state index contributed by atoms with van der Waals surface area (Å²) in [5.41, 5.74) is 2.20. The smallest absolute Gasteiger partial charge is 0.317 e. The number of nitrogens with zero attached hydrogens (tertiary/aromatic N) is 2. The van der Waals surface area contributed by atoms with E-state index in [1.54, 1.807) is 19.0 Å². The minimum Gasteiger partial charge on any atom is -0.491 e. The van der Waals surface area contributed by atoms with Gasteiger partial charge in [-0.1, -0.05) is 12.1 Å². The molecule has 1 atom stereocenters. The van der Waals surface area contributed by atoms with Gasteiger partial charge in [-0.05, 0) is 31.0 Å². The number of hydrogen-bond acceptors (Lipinski definition) is 4. The first-order valence-electron chi connectivity index (χ1n) is 8.44. The monoisotopic (exact) mass is 349 g/mol. The van der Waals surface area contributed by atoms with E-state index in [1.807, 2.05) is 32.0 Å². The van der Waals surface area contributed by atoms with Crippen molar-refractivity contribution in [1.29, 1.82) is 0 Å². The number of benzene rings is 1. The SMILES string of the molecule is Cc1ccc(C)c(OCCNC(=O)N2CCO[C@H](C(=O)N(C)C)C2)c1. The maximum Gasteiger partial charge on any atom is 0.317 e. The fourth-order valence-electron chi connectivity index (χ4n) is 2.56. The molecule has 1 aliphatic rings. The molecule has 0 aliphatic carbocycles. The largest absolute Gasteiger partial charge is 0.491 e. The number of carbonyl (C=O) groups excluding carboxylic acids is 2. The highest BCUT2D eigenvalue weighted by atomic mass is 16.5. The molecule has 0 radical (unpaired) electrons. The van der Waals surface area contributed by atoms with Gasteiger partial charge in [0.05, 0.1) is 19.7 Å². The van der Waals surface area contributed by atoms with E-state index >= 15 is 0 Å². The number of morpholine rings is 1. The Balaban J connectivity index is 1.76. The standard InChI is InChI=1S/C18H27N3O4/c1-13-5-6-14(2)15(11-13)24-9-7-19-18(23)21-8-10-25-16(12-21)17(22)20(3)4/h5-6,11,16H,7-10,12H2,1-4H3,(H,19,23)/t16-/m0/s1. The minimum absolute atomic E-state index is 0.129. The van der Waals surface area contributed by atoms with Gasteiger partial charge in [0.15, 0.2) is 6.10 Å². The summed E-state index contributed by atoms with van der Waals surface area (Å²) in [5.74, 6) is 0.702. The fraction of sp³-hybridized carbons (Fsp3) is 0.556. The average Bonchev–Trinajstić information content (AvgIpc) is 2.60. The van der Waals surface area contributed by atoms with Gasteiger partial charge in [0.1, 0.15) is 12.4 Å². The van der Waals surface area contributed by atoms with Crippen LogP contribution in [-0.4, -0.2) is 74.8 Å². The lowest BCUT2D eigenvalue weighted by Crippen LogP contribution is -2.54. The van der Waals surface area contributed by atoms with Crippen LogP contribution in [0.3, 0.4) is 0 Å². The first kappa shape index (κ1) is 19.1. The van der Waals surface area contributed by atoms with Crippen molar-refractivity contribution >= 4 is 11.9 Å². The Kier molecular flexibility index (Phi) is 6.64. The Hall–Kier alpha value is -2.28. The summed E-state index contributed by atoms with van der Waals surface area (Å²) >= 11 is 0. The van der Waals surface area contributed by atoms with E-state index in [0.29, 0.717) is 26.3 Å². The number of nitrogens with one attached hydrogen (secondary N) is 1. The highest BCUT2D eigenvalue weighted by Gasteiger charge is 2.30. The number of ether oxygens (including phenoxy) is 2. The number of likely N-dealkylation sites (N-methyl/N-ethyl adjacent to an activating group) is 1. The Bertz CT molecular complexity index is 618. The van der Waals surface area contributed by atoms with Gasteiger partial charge in [0.25, 0.3) is 5.91 Å². The summed E-state index contributed by atoms with van der Waals surface area (Å²) in [4.78, 5) is 27.3. The zero-order chi connectivity index (χ0) is 18.4. The fourth-order valence-corrected chi connectivity index (χ4v) is 2.56. The molecule has 138 valence electrons. The molecule has 7 nitrogen and oxygen atoms in total. The van der Waals surface area contributed by atoms with Crippen LogP contribution in [-0.2, 0) is 9.53 Å². The predicted octanol–water partition coefficient (Wildman–Crippen LogP) is 1.18. The molecular weight excluding hydrogens is 322 g/mol. The summed E-state index contributed by atoms with van der Waals surface area (Å²) in [7, 11) is 3.35. The van der Waals surface area contributed by atoms with Gasteiger partial charge in [-0.2, -0.15) is 0 Å². The molecule has 0 saturated carbocycles. The molecular formula is C18H27N3O4. The molecule has 25 heavy (non-hydrogen) atoms. The second-order valence-corrected chi connectivity index (χ2v) is 6.39. The number of rotatable bonds is 5. The number of carbonyl (C=O) groups is 2. The van der Waals surface area contributed by atoms with Crippen molar-refractivity contribution in [2.24, 2.45) is 0 Å². The van der Waals surface area contributed by atoms with Gasteiger partial charge in [-0.15, -0.1) is 0 Å². The molecule has 7 heteroatoms. The molecule has 1 aliphatic heterocycles. The molecule has 0 spiro atoms. The Morgan fingerprint density at radius 2 is 2.12 bits per heavy atom. The van der Waals surface area contributed by atoms with Crippen molar-refractivity contribution in [2.75, 3.05) is 46.9 Å². The van der Waals surface area contributed by atoms with E-state index in [1.165, 1.54) is 4.90 Å². The van der Waals surface area contributed by atoms with E-state index in [4.69, 9.17) is 9.47 Å². The molecule has 2 rings (SSSR count). The summed E-state index contributed by atoms with van der Waals surface area (Å²) in [6.07, 6.45) is -0.597. The summed E-state index contributed by atoms with van der Waals surface area (Å²) in [6, 6.07) is 5.83. The normalized spacial score (nSPS) is 17.1. The highest BCUT2D eigenvalue weighted by Crippen LogP contribution is 2.18. The number of amides is 3. The lowest BCUT2D eigenvalue weighted by molar-refractivity contribution is -0.145. The quantitative estimate of drug-likeness (QED) is 0.811. The van der Waals surface area contributed by atoms with Crippen molar-refractivity contribution in [3.63, 3.8) is 0 Å². The van der Waals surface area contributed by atoms with Crippen LogP contribution >= 0.6 is 0 Å². The third-order valence-corrected chi connectivity index (χ3v) is 4.05. The summed E-state index contributed by atoms with van der Waals surface area (Å²) in [6.45, 7) is 5.88. The molecule has 1 fully saturated rings. The van der Waals surface area contributed by atoms with Crippen LogP contribution in [0.5, 0.6) is 5.75 Å². The molecule has 0 aromatic heterocycles. The third kappa shape index (κ3) is 5.35. The van der Waals surface area contributed by atoms with Crippen molar-refractivity contribution in [3.05, 3.63) is 29.3 Å². The van der Waals surface area contributed by atoms with Crippen LogP contribution in [0.4, 0.5) is 4.79 Å². The van der Waals surface area contributed by atoms with E-state index < -0.39 is 6.10 Å². The molecule has 1 aromatic rings. The number of hydrogen-bond donors (Lipinski definition) is 1.